The van der Waals surface area contributed by atoms with Crippen molar-refractivity contribution in [3.05, 3.63) is 0 Å². The molecule has 4 nitrogen and oxygen atoms in total. The molecule has 106 valence electrons. The van der Waals surface area contributed by atoms with E-state index in [0.717, 1.165) is 12.8 Å². The molecule has 0 bridgehead atoms. The maximum absolute atomic E-state index is 11.4. The molecule has 0 spiro atoms. The lowest BCUT2D eigenvalue weighted by Crippen LogP contribution is -2.36. The van der Waals surface area contributed by atoms with Crippen molar-refractivity contribution in [2.75, 3.05) is 6.54 Å². The van der Waals surface area contributed by atoms with E-state index in [1.807, 2.05) is 19.6 Å². The van der Waals surface area contributed by atoms with Gasteiger partial charge in [-0.15, -0.1) is 0 Å². The molecule has 5 heteroatoms. The van der Waals surface area contributed by atoms with Crippen molar-refractivity contribution in [3.63, 3.8) is 0 Å². The van der Waals surface area contributed by atoms with Crippen molar-refractivity contribution in [3.8, 4) is 0 Å². The molecule has 0 aromatic heterocycles. The van der Waals surface area contributed by atoms with Crippen LogP contribution in [0.5, 0.6) is 0 Å². The first-order valence-corrected chi connectivity index (χ1v) is 10.2. The third kappa shape index (κ3) is 11.6. The van der Waals surface area contributed by atoms with Gasteiger partial charge in [0.25, 0.3) is 0 Å². The lowest BCUT2D eigenvalue weighted by Gasteiger charge is -2.17. The van der Waals surface area contributed by atoms with Crippen LogP contribution in [0.25, 0.3) is 0 Å². The van der Waals surface area contributed by atoms with Gasteiger partial charge in [0.15, 0.2) is 0 Å². The van der Waals surface area contributed by atoms with E-state index in [-0.39, 0.29) is 18.4 Å². The summed E-state index contributed by atoms with van der Waals surface area (Å²) in [6.07, 6.45) is 6.10. The fourth-order valence-corrected chi connectivity index (χ4v) is 2.28. The van der Waals surface area contributed by atoms with Gasteiger partial charge in [-0.3, -0.25) is 9.59 Å². The molecule has 0 aliphatic carbocycles. The van der Waals surface area contributed by atoms with Gasteiger partial charge in [-0.2, -0.15) is 0 Å². The number of rotatable bonds is 9. The Hall–Kier alpha value is -0.843. The topological polar surface area (TPSA) is 55.4 Å². The summed E-state index contributed by atoms with van der Waals surface area (Å²) in [6, 6.07) is 0. The van der Waals surface area contributed by atoms with E-state index in [1.54, 1.807) is 0 Å². The highest BCUT2D eigenvalue weighted by Gasteiger charge is 2.19. The molecule has 0 radical (unpaired) electrons. The van der Waals surface area contributed by atoms with E-state index >= 15 is 0 Å². The Morgan fingerprint density at radius 1 is 1.06 bits per heavy atom. The fraction of sp³-hybridized carbons (Fsp3) is 0.846. The van der Waals surface area contributed by atoms with Crippen LogP contribution in [-0.4, -0.2) is 26.7 Å². The van der Waals surface area contributed by atoms with Gasteiger partial charge >= 0.3 is 5.97 Å². The van der Waals surface area contributed by atoms with Crippen LogP contribution in [0.3, 0.4) is 0 Å². The number of unbranched alkanes of at least 4 members (excludes halogenated alkanes) is 4. The summed E-state index contributed by atoms with van der Waals surface area (Å²) >= 11 is 0. The van der Waals surface area contributed by atoms with Crippen molar-refractivity contribution < 1.29 is 14.0 Å². The number of carbonyl (C=O) groups is 2. The van der Waals surface area contributed by atoms with Crippen molar-refractivity contribution >= 4 is 20.2 Å². The highest BCUT2D eigenvalue weighted by molar-refractivity contribution is 6.71. The number of hydrogen-bond acceptors (Lipinski definition) is 3. The largest absolute Gasteiger partial charge is 0.519 e. The van der Waals surface area contributed by atoms with Crippen molar-refractivity contribution in [2.45, 2.75) is 65.1 Å². The summed E-state index contributed by atoms with van der Waals surface area (Å²) in [5.74, 6) is -0.382. The summed E-state index contributed by atoms with van der Waals surface area (Å²) in [5.41, 5.74) is 0. The minimum atomic E-state index is -1.83. The van der Waals surface area contributed by atoms with Crippen molar-refractivity contribution in [1.82, 2.24) is 5.32 Å². The second-order valence-electron chi connectivity index (χ2n) is 5.53. The Kier molecular flexibility index (Phi) is 8.71. The summed E-state index contributed by atoms with van der Waals surface area (Å²) in [4.78, 5) is 22.8. The molecule has 0 aromatic carbocycles. The molecular weight excluding hydrogens is 246 g/mol. The predicted molar refractivity (Wildman–Crippen MR) is 75.8 cm³/mol. The first kappa shape index (κ1) is 17.2. The molecule has 0 rings (SSSR count). The molecule has 18 heavy (non-hydrogen) atoms. The smallest absolute Gasteiger partial charge is 0.312 e. The second kappa shape index (κ2) is 9.14. The van der Waals surface area contributed by atoms with E-state index in [4.69, 9.17) is 4.43 Å². The van der Waals surface area contributed by atoms with Gasteiger partial charge < -0.3 is 9.74 Å². The molecule has 0 saturated carbocycles. The molecule has 0 saturated heterocycles. The summed E-state index contributed by atoms with van der Waals surface area (Å²) < 4.78 is 5.23. The second-order valence-corrected chi connectivity index (χ2v) is 9.96. The van der Waals surface area contributed by atoms with Crippen molar-refractivity contribution in [1.29, 1.82) is 0 Å². The Morgan fingerprint density at radius 3 is 2.22 bits per heavy atom. The number of hydrogen-bond donors (Lipinski definition) is 1. The SMILES string of the molecule is CCCCCCCC(=O)NCC(=O)O[Si](C)(C)C. The fourth-order valence-electron chi connectivity index (χ4n) is 1.53. The van der Waals surface area contributed by atoms with Crippen LogP contribution < -0.4 is 5.32 Å². The lowest BCUT2D eigenvalue weighted by molar-refractivity contribution is -0.136. The maximum atomic E-state index is 11.4. The van der Waals surface area contributed by atoms with Crippen LogP contribution in [0, 0.1) is 0 Å². The molecule has 1 amide bonds. The maximum Gasteiger partial charge on any atom is 0.312 e. The van der Waals surface area contributed by atoms with Gasteiger partial charge in [-0.05, 0) is 26.1 Å². The molecule has 0 heterocycles. The van der Waals surface area contributed by atoms with Gasteiger partial charge in [0, 0.05) is 6.42 Å². The average Bonchev–Trinajstić information content (AvgIpc) is 2.24. The molecule has 0 fully saturated rings. The average molecular weight is 273 g/mol. The molecule has 0 aromatic rings. The quantitative estimate of drug-likeness (QED) is 0.519. The monoisotopic (exact) mass is 273 g/mol. The molecule has 1 N–H and O–H groups in total. The third-order valence-corrected chi connectivity index (χ3v) is 3.20. The highest BCUT2D eigenvalue weighted by Crippen LogP contribution is 2.05. The standard InChI is InChI=1S/C13H27NO3Si/c1-5-6-7-8-9-10-12(15)14-11-13(16)17-18(2,3)4/h5-11H2,1-4H3,(H,14,15). The first-order chi connectivity index (χ1) is 8.35. The zero-order valence-electron chi connectivity index (χ0n) is 12.2. The Morgan fingerprint density at radius 2 is 1.67 bits per heavy atom. The van der Waals surface area contributed by atoms with Gasteiger partial charge in [-0.25, -0.2) is 0 Å². The Balaban J connectivity index is 3.55. The molecule has 0 aliphatic rings. The summed E-state index contributed by atoms with van der Waals surface area (Å²) in [7, 11) is -1.83. The van der Waals surface area contributed by atoms with Crippen LogP contribution in [0.1, 0.15) is 45.4 Å². The summed E-state index contributed by atoms with van der Waals surface area (Å²) in [5, 5.41) is 2.60. The van der Waals surface area contributed by atoms with E-state index in [2.05, 4.69) is 12.2 Å². The van der Waals surface area contributed by atoms with E-state index in [0.29, 0.717) is 6.42 Å². The van der Waals surface area contributed by atoms with Crippen molar-refractivity contribution in [2.24, 2.45) is 0 Å². The Labute approximate surface area is 112 Å². The predicted octanol–water partition coefficient (Wildman–Crippen LogP) is 2.84. The van der Waals surface area contributed by atoms with Crippen LogP contribution in [0.15, 0.2) is 0 Å². The zero-order valence-corrected chi connectivity index (χ0v) is 13.2. The molecular formula is C13H27NO3Si. The minimum absolute atomic E-state index is 0.00192. The van der Waals surface area contributed by atoms with Crippen LogP contribution in [-0.2, 0) is 14.0 Å². The molecule has 0 atom stereocenters. The molecule has 0 unspecified atom stereocenters. The van der Waals surface area contributed by atoms with Gasteiger partial charge in [0.1, 0.15) is 6.54 Å². The lowest BCUT2D eigenvalue weighted by atomic mass is 10.1. The number of carbonyl (C=O) groups excluding carboxylic acids is 2. The van der Waals surface area contributed by atoms with Crippen LogP contribution in [0.4, 0.5) is 0 Å². The zero-order chi connectivity index (χ0) is 14.0. The van der Waals surface area contributed by atoms with Gasteiger partial charge in [0.05, 0.1) is 0 Å². The third-order valence-electron chi connectivity index (χ3n) is 2.36. The highest BCUT2D eigenvalue weighted by atomic mass is 28.4. The van der Waals surface area contributed by atoms with Crippen LogP contribution >= 0.6 is 0 Å². The van der Waals surface area contributed by atoms with E-state index in [9.17, 15) is 9.59 Å². The number of amides is 1. The summed E-state index contributed by atoms with van der Waals surface area (Å²) in [6.45, 7) is 8.00. The van der Waals surface area contributed by atoms with E-state index in [1.165, 1.54) is 19.3 Å². The van der Waals surface area contributed by atoms with Gasteiger partial charge in [-0.1, -0.05) is 32.6 Å². The molecule has 0 aliphatic heterocycles. The first-order valence-electron chi connectivity index (χ1n) is 6.83. The van der Waals surface area contributed by atoms with Gasteiger partial charge in [0.2, 0.25) is 14.2 Å². The van der Waals surface area contributed by atoms with E-state index < -0.39 is 8.32 Å². The minimum Gasteiger partial charge on any atom is -0.519 e. The Bertz CT molecular complexity index is 261. The normalized spacial score (nSPS) is 11.1. The number of nitrogens with one attached hydrogen (secondary N) is 1. The van der Waals surface area contributed by atoms with Crippen LogP contribution in [0.2, 0.25) is 19.6 Å².